The number of rotatable bonds is 1. The molecule has 0 aromatic carbocycles. The fraction of sp³-hybridized carbons (Fsp3) is 0.545. The van der Waals surface area contributed by atoms with E-state index < -0.39 is 5.60 Å². The van der Waals surface area contributed by atoms with Crippen molar-refractivity contribution >= 4 is 5.82 Å². The van der Waals surface area contributed by atoms with Crippen LogP contribution >= 0.6 is 0 Å². The van der Waals surface area contributed by atoms with Gasteiger partial charge >= 0.3 is 0 Å². The third-order valence-electron chi connectivity index (χ3n) is 2.92. The molecule has 5 nitrogen and oxygen atoms in total. The van der Waals surface area contributed by atoms with Gasteiger partial charge in [0.1, 0.15) is 6.07 Å². The summed E-state index contributed by atoms with van der Waals surface area (Å²) in [5, 5.41) is 18.8. The van der Waals surface area contributed by atoms with E-state index in [1.807, 2.05) is 17.9 Å². The van der Waals surface area contributed by atoms with Crippen LogP contribution in [0.3, 0.4) is 0 Å². The van der Waals surface area contributed by atoms with Crippen molar-refractivity contribution in [3.8, 4) is 6.07 Å². The van der Waals surface area contributed by atoms with Crippen molar-refractivity contribution in [1.82, 2.24) is 9.97 Å². The van der Waals surface area contributed by atoms with Gasteiger partial charge < -0.3 is 10.0 Å². The molecule has 1 fully saturated rings. The Morgan fingerprint density at radius 2 is 2.00 bits per heavy atom. The van der Waals surface area contributed by atoms with Crippen LogP contribution in [0.2, 0.25) is 0 Å². The van der Waals surface area contributed by atoms with Crippen LogP contribution < -0.4 is 4.90 Å². The fourth-order valence-corrected chi connectivity index (χ4v) is 1.84. The zero-order valence-electron chi connectivity index (χ0n) is 9.22. The van der Waals surface area contributed by atoms with E-state index in [1.165, 1.54) is 6.20 Å². The second-order valence-electron chi connectivity index (χ2n) is 4.32. The first kappa shape index (κ1) is 10.8. The minimum Gasteiger partial charge on any atom is -0.390 e. The Morgan fingerprint density at radius 1 is 1.38 bits per heavy atom. The lowest BCUT2D eigenvalue weighted by Crippen LogP contribution is -2.43. The van der Waals surface area contributed by atoms with Crippen LogP contribution in [0, 0.1) is 11.3 Å². The van der Waals surface area contributed by atoms with Crippen LogP contribution in [0.25, 0.3) is 0 Å². The highest BCUT2D eigenvalue weighted by atomic mass is 16.3. The van der Waals surface area contributed by atoms with Gasteiger partial charge in [0.15, 0.2) is 11.5 Å². The van der Waals surface area contributed by atoms with Gasteiger partial charge in [-0.2, -0.15) is 5.26 Å². The van der Waals surface area contributed by atoms with Crippen LogP contribution in [-0.4, -0.2) is 33.8 Å². The lowest BCUT2D eigenvalue weighted by atomic mass is 9.94. The highest BCUT2D eigenvalue weighted by Crippen LogP contribution is 2.25. The van der Waals surface area contributed by atoms with E-state index in [0.717, 1.165) is 0 Å². The molecule has 0 amide bonds. The van der Waals surface area contributed by atoms with E-state index in [2.05, 4.69) is 9.97 Å². The van der Waals surface area contributed by atoms with Crippen molar-refractivity contribution in [2.24, 2.45) is 0 Å². The monoisotopic (exact) mass is 218 g/mol. The molecule has 1 saturated heterocycles. The van der Waals surface area contributed by atoms with Crippen molar-refractivity contribution in [2.75, 3.05) is 18.0 Å². The van der Waals surface area contributed by atoms with Gasteiger partial charge in [0, 0.05) is 25.5 Å². The van der Waals surface area contributed by atoms with Crippen LogP contribution in [0.5, 0.6) is 0 Å². The van der Waals surface area contributed by atoms with Crippen molar-refractivity contribution < 1.29 is 5.11 Å². The maximum Gasteiger partial charge on any atom is 0.183 e. The van der Waals surface area contributed by atoms with Crippen molar-refractivity contribution in [3.63, 3.8) is 0 Å². The van der Waals surface area contributed by atoms with E-state index in [0.29, 0.717) is 37.4 Å². The molecule has 1 aromatic heterocycles. The molecule has 0 spiro atoms. The number of hydrogen-bond acceptors (Lipinski definition) is 5. The van der Waals surface area contributed by atoms with E-state index in [4.69, 9.17) is 5.26 Å². The highest BCUT2D eigenvalue weighted by molar-refractivity contribution is 5.49. The summed E-state index contributed by atoms with van der Waals surface area (Å²) >= 11 is 0. The van der Waals surface area contributed by atoms with Crippen LogP contribution in [-0.2, 0) is 0 Å². The largest absolute Gasteiger partial charge is 0.390 e. The second kappa shape index (κ2) is 4.06. The minimum atomic E-state index is -0.592. The van der Waals surface area contributed by atoms with Gasteiger partial charge in [0.2, 0.25) is 0 Å². The Labute approximate surface area is 94.4 Å². The molecule has 2 rings (SSSR count). The first-order chi connectivity index (χ1) is 7.62. The molecular formula is C11H14N4O. The maximum absolute atomic E-state index is 9.84. The predicted molar refractivity (Wildman–Crippen MR) is 58.8 cm³/mol. The molecule has 84 valence electrons. The van der Waals surface area contributed by atoms with Crippen molar-refractivity contribution in [3.05, 3.63) is 18.1 Å². The molecule has 0 aliphatic carbocycles. The SMILES string of the molecule is CC1(O)CCN(c2nccnc2C#N)CC1. The number of hydrogen-bond donors (Lipinski definition) is 1. The molecule has 1 aliphatic rings. The molecule has 1 N–H and O–H groups in total. The fourth-order valence-electron chi connectivity index (χ4n) is 1.84. The van der Waals surface area contributed by atoms with Gasteiger partial charge in [-0.3, -0.25) is 0 Å². The quantitative estimate of drug-likeness (QED) is 0.751. The molecule has 0 unspecified atom stereocenters. The number of aromatic nitrogens is 2. The summed E-state index contributed by atoms with van der Waals surface area (Å²) in [7, 11) is 0. The Hall–Kier alpha value is -1.67. The van der Waals surface area contributed by atoms with Gasteiger partial charge in [0.25, 0.3) is 0 Å². The van der Waals surface area contributed by atoms with Crippen LogP contribution in [0.4, 0.5) is 5.82 Å². The van der Waals surface area contributed by atoms with Gasteiger partial charge in [-0.1, -0.05) is 0 Å². The van der Waals surface area contributed by atoms with Gasteiger partial charge in [0.05, 0.1) is 5.60 Å². The van der Waals surface area contributed by atoms with Crippen molar-refractivity contribution in [1.29, 1.82) is 5.26 Å². The van der Waals surface area contributed by atoms with Gasteiger partial charge in [-0.05, 0) is 19.8 Å². The van der Waals surface area contributed by atoms with E-state index in [9.17, 15) is 5.11 Å². The standard InChI is InChI=1S/C11H14N4O/c1-11(16)2-6-15(7-3-11)10-9(8-12)13-4-5-14-10/h4-5,16H,2-3,6-7H2,1H3. The van der Waals surface area contributed by atoms with E-state index in [-0.39, 0.29) is 0 Å². The maximum atomic E-state index is 9.84. The van der Waals surface area contributed by atoms with Gasteiger partial charge in [-0.25, -0.2) is 9.97 Å². The molecule has 1 aliphatic heterocycles. The zero-order chi connectivity index (χ0) is 11.6. The summed E-state index contributed by atoms with van der Waals surface area (Å²) in [5.74, 6) is 0.625. The third kappa shape index (κ3) is 2.12. The van der Waals surface area contributed by atoms with E-state index in [1.54, 1.807) is 6.20 Å². The summed E-state index contributed by atoms with van der Waals surface area (Å²) in [6.07, 6.45) is 4.48. The third-order valence-corrected chi connectivity index (χ3v) is 2.92. The average Bonchev–Trinajstić information content (AvgIpc) is 2.29. The normalized spacial score (nSPS) is 19.2. The lowest BCUT2D eigenvalue weighted by molar-refractivity contribution is 0.0350. The number of nitrogens with zero attached hydrogens (tertiary/aromatic N) is 4. The van der Waals surface area contributed by atoms with Crippen LogP contribution in [0.1, 0.15) is 25.5 Å². The average molecular weight is 218 g/mol. The Morgan fingerprint density at radius 3 is 2.62 bits per heavy atom. The summed E-state index contributed by atoms with van der Waals surface area (Å²) in [6.45, 7) is 3.26. The molecular weight excluding hydrogens is 204 g/mol. The topological polar surface area (TPSA) is 73.0 Å². The molecule has 1 aromatic rings. The molecule has 0 saturated carbocycles. The molecule has 0 radical (unpaired) electrons. The first-order valence-electron chi connectivity index (χ1n) is 5.31. The Kier molecular flexibility index (Phi) is 2.75. The molecule has 16 heavy (non-hydrogen) atoms. The first-order valence-corrected chi connectivity index (χ1v) is 5.31. The molecule has 5 heteroatoms. The van der Waals surface area contributed by atoms with Crippen molar-refractivity contribution in [2.45, 2.75) is 25.4 Å². The van der Waals surface area contributed by atoms with Gasteiger partial charge in [-0.15, -0.1) is 0 Å². The summed E-state index contributed by atoms with van der Waals surface area (Å²) in [5.41, 5.74) is -0.241. The second-order valence-corrected chi connectivity index (χ2v) is 4.32. The molecule has 0 bridgehead atoms. The summed E-state index contributed by atoms with van der Waals surface area (Å²) < 4.78 is 0. The van der Waals surface area contributed by atoms with E-state index >= 15 is 0 Å². The lowest BCUT2D eigenvalue weighted by Gasteiger charge is -2.36. The van der Waals surface area contributed by atoms with Crippen LogP contribution in [0.15, 0.2) is 12.4 Å². The smallest absolute Gasteiger partial charge is 0.183 e. The number of piperidine rings is 1. The Balaban J connectivity index is 2.18. The predicted octanol–water partition coefficient (Wildman–Crippen LogP) is 0.699. The highest BCUT2D eigenvalue weighted by Gasteiger charge is 2.28. The number of nitriles is 1. The number of aliphatic hydroxyl groups is 1. The zero-order valence-corrected chi connectivity index (χ0v) is 9.22. The Bertz CT molecular complexity index is 414. The number of anilines is 1. The molecule has 2 heterocycles. The summed E-state index contributed by atoms with van der Waals surface area (Å²) in [6, 6.07) is 2.04. The molecule has 0 atom stereocenters. The summed E-state index contributed by atoms with van der Waals surface area (Å²) in [4.78, 5) is 10.2. The minimum absolute atomic E-state index is 0.351.